The molecule has 0 heterocycles. The van der Waals surface area contributed by atoms with E-state index < -0.39 is 0 Å². The van der Waals surface area contributed by atoms with E-state index >= 15 is 0 Å². The maximum absolute atomic E-state index is 5.70. The lowest BCUT2D eigenvalue weighted by molar-refractivity contribution is 0.131. The topological polar surface area (TPSA) is 18.5 Å². The Morgan fingerprint density at radius 3 is 2.83 bits per heavy atom. The molecule has 0 aliphatic heterocycles. The summed E-state index contributed by atoms with van der Waals surface area (Å²) >= 11 is 5.59. The first-order valence-corrected chi connectivity index (χ1v) is 6.76. The molecule has 18 heavy (non-hydrogen) atoms. The van der Waals surface area contributed by atoms with Gasteiger partial charge in [0.2, 0.25) is 0 Å². The van der Waals surface area contributed by atoms with Crippen LogP contribution in [0.15, 0.2) is 24.3 Å². The lowest BCUT2D eigenvalue weighted by Gasteiger charge is -2.07. The van der Waals surface area contributed by atoms with Crippen LogP contribution in [0.5, 0.6) is 5.75 Å². The van der Waals surface area contributed by atoms with Crippen LogP contribution in [0.25, 0.3) is 0 Å². The number of hydrogen-bond acceptors (Lipinski definition) is 2. The lowest BCUT2D eigenvalue weighted by Crippen LogP contribution is -2.03. The molecule has 0 atom stereocenters. The molecule has 0 saturated carbocycles. The van der Waals surface area contributed by atoms with E-state index in [1.54, 1.807) is 0 Å². The zero-order chi connectivity index (χ0) is 13.1. The largest absolute Gasteiger partial charge is 0.492 e. The second kappa shape index (κ2) is 9.82. The van der Waals surface area contributed by atoms with Crippen molar-refractivity contribution in [3.63, 3.8) is 0 Å². The van der Waals surface area contributed by atoms with Gasteiger partial charge in [-0.05, 0) is 19.1 Å². The summed E-state index contributed by atoms with van der Waals surface area (Å²) in [6.45, 7) is 4.12. The quantitative estimate of drug-likeness (QED) is 0.427. The minimum Gasteiger partial charge on any atom is -0.492 e. The Bertz CT molecular complexity index is 393. The molecule has 0 unspecified atom stereocenters. The predicted octanol–water partition coefficient (Wildman–Crippen LogP) is 3.47. The van der Waals surface area contributed by atoms with Crippen LogP contribution in [-0.4, -0.2) is 25.7 Å². The second-order valence-corrected chi connectivity index (χ2v) is 4.01. The molecule has 0 bridgehead atoms. The van der Waals surface area contributed by atoms with Crippen LogP contribution in [0.4, 0.5) is 0 Å². The van der Waals surface area contributed by atoms with Crippen LogP contribution in [0.3, 0.4) is 0 Å². The van der Waals surface area contributed by atoms with Crippen LogP contribution in [0.1, 0.15) is 25.3 Å². The first-order chi connectivity index (χ1) is 8.88. The first-order valence-electron chi connectivity index (χ1n) is 6.23. The highest BCUT2D eigenvalue weighted by atomic mass is 35.5. The van der Waals surface area contributed by atoms with E-state index in [0.29, 0.717) is 18.9 Å². The summed E-state index contributed by atoms with van der Waals surface area (Å²) in [6, 6.07) is 7.80. The van der Waals surface area contributed by atoms with Gasteiger partial charge in [0.05, 0.1) is 12.2 Å². The van der Waals surface area contributed by atoms with E-state index in [2.05, 4.69) is 11.8 Å². The number of para-hydroxylation sites is 1. The van der Waals surface area contributed by atoms with Crippen molar-refractivity contribution in [3.8, 4) is 17.6 Å². The van der Waals surface area contributed by atoms with Crippen LogP contribution in [0, 0.1) is 11.8 Å². The van der Waals surface area contributed by atoms with E-state index in [9.17, 15) is 0 Å². The number of alkyl halides is 1. The van der Waals surface area contributed by atoms with Crippen molar-refractivity contribution in [3.05, 3.63) is 29.8 Å². The van der Waals surface area contributed by atoms with Gasteiger partial charge in [0.1, 0.15) is 5.75 Å². The third-order valence-corrected chi connectivity index (χ3v) is 2.41. The normalized spacial score (nSPS) is 9.67. The van der Waals surface area contributed by atoms with Crippen molar-refractivity contribution in [1.29, 1.82) is 0 Å². The molecular weight excluding hydrogens is 248 g/mol. The summed E-state index contributed by atoms with van der Waals surface area (Å²) < 4.78 is 11.0. The molecule has 0 aliphatic carbocycles. The Hall–Kier alpha value is -1.17. The average Bonchev–Trinajstić information content (AvgIpc) is 2.40. The number of benzene rings is 1. The minimum absolute atomic E-state index is 0.560. The number of hydrogen-bond donors (Lipinski definition) is 0. The van der Waals surface area contributed by atoms with E-state index in [-0.39, 0.29) is 0 Å². The van der Waals surface area contributed by atoms with Gasteiger partial charge in [0.15, 0.2) is 0 Å². The summed E-state index contributed by atoms with van der Waals surface area (Å²) in [4.78, 5) is 0. The van der Waals surface area contributed by atoms with Crippen molar-refractivity contribution < 1.29 is 9.47 Å². The Morgan fingerprint density at radius 2 is 2.06 bits per heavy atom. The van der Waals surface area contributed by atoms with Gasteiger partial charge in [-0.1, -0.05) is 24.0 Å². The summed E-state index contributed by atoms with van der Waals surface area (Å²) in [6.07, 6.45) is 1.58. The molecule has 1 rings (SSSR count). The van der Waals surface area contributed by atoms with E-state index in [1.807, 2.05) is 31.2 Å². The van der Waals surface area contributed by atoms with Gasteiger partial charge < -0.3 is 9.47 Å². The summed E-state index contributed by atoms with van der Waals surface area (Å²) in [7, 11) is 0. The molecule has 0 radical (unpaired) electrons. The molecule has 0 fully saturated rings. The van der Waals surface area contributed by atoms with Crippen molar-refractivity contribution in [2.75, 3.05) is 25.7 Å². The van der Waals surface area contributed by atoms with Gasteiger partial charge in [-0.25, -0.2) is 0 Å². The number of ether oxygens (including phenoxy) is 2. The number of rotatable bonds is 7. The molecule has 2 nitrogen and oxygen atoms in total. The maximum atomic E-state index is 5.70. The van der Waals surface area contributed by atoms with E-state index in [0.717, 1.165) is 30.9 Å². The molecule has 0 aromatic heterocycles. The summed E-state index contributed by atoms with van der Waals surface area (Å²) in [5.74, 6) is 7.48. The Labute approximate surface area is 114 Å². The highest BCUT2D eigenvalue weighted by Crippen LogP contribution is 2.16. The smallest absolute Gasteiger partial charge is 0.134 e. The van der Waals surface area contributed by atoms with E-state index in [4.69, 9.17) is 21.1 Å². The summed E-state index contributed by atoms with van der Waals surface area (Å²) in [5.41, 5.74) is 0.916. The van der Waals surface area contributed by atoms with Crippen LogP contribution < -0.4 is 4.74 Å². The fraction of sp³-hybridized carbons (Fsp3) is 0.467. The average molecular weight is 267 g/mol. The van der Waals surface area contributed by atoms with Crippen LogP contribution >= 0.6 is 11.6 Å². The highest BCUT2D eigenvalue weighted by molar-refractivity contribution is 6.18. The van der Waals surface area contributed by atoms with Gasteiger partial charge >= 0.3 is 0 Å². The molecular formula is C15H19ClO2. The lowest BCUT2D eigenvalue weighted by atomic mass is 10.2. The minimum atomic E-state index is 0.560. The second-order valence-electron chi connectivity index (χ2n) is 3.64. The maximum Gasteiger partial charge on any atom is 0.134 e. The molecule has 0 spiro atoms. The Morgan fingerprint density at radius 1 is 1.22 bits per heavy atom. The van der Waals surface area contributed by atoms with Gasteiger partial charge in [-0.2, -0.15) is 0 Å². The monoisotopic (exact) mass is 266 g/mol. The first kappa shape index (κ1) is 14.9. The third kappa shape index (κ3) is 5.95. The van der Waals surface area contributed by atoms with E-state index in [1.165, 1.54) is 0 Å². The summed E-state index contributed by atoms with van der Waals surface area (Å²) in [5, 5.41) is 0. The molecule has 0 aliphatic rings. The van der Waals surface area contributed by atoms with Gasteiger partial charge in [0, 0.05) is 31.9 Å². The molecule has 0 saturated heterocycles. The third-order valence-electron chi connectivity index (χ3n) is 2.22. The molecule has 0 N–H and O–H groups in total. The highest BCUT2D eigenvalue weighted by Gasteiger charge is 1.99. The SMILES string of the molecule is CCOCCCOc1ccccc1C#CCCCl. The Balaban J connectivity index is 2.47. The zero-order valence-electron chi connectivity index (χ0n) is 10.7. The molecule has 98 valence electrons. The van der Waals surface area contributed by atoms with Crippen molar-refractivity contribution >= 4 is 11.6 Å². The van der Waals surface area contributed by atoms with Crippen molar-refractivity contribution in [2.24, 2.45) is 0 Å². The van der Waals surface area contributed by atoms with Gasteiger partial charge in [-0.3, -0.25) is 0 Å². The molecule has 1 aromatic carbocycles. The van der Waals surface area contributed by atoms with Crippen LogP contribution in [0.2, 0.25) is 0 Å². The zero-order valence-corrected chi connectivity index (χ0v) is 11.5. The van der Waals surface area contributed by atoms with Gasteiger partial charge in [0.25, 0.3) is 0 Å². The molecule has 1 aromatic rings. The molecule has 0 amide bonds. The predicted molar refractivity (Wildman–Crippen MR) is 75.3 cm³/mol. The van der Waals surface area contributed by atoms with Crippen molar-refractivity contribution in [2.45, 2.75) is 19.8 Å². The van der Waals surface area contributed by atoms with Gasteiger partial charge in [-0.15, -0.1) is 11.6 Å². The Kier molecular flexibility index (Phi) is 8.12. The fourth-order valence-electron chi connectivity index (χ4n) is 1.39. The fourth-order valence-corrected chi connectivity index (χ4v) is 1.48. The standard InChI is InChI=1S/C15H19ClO2/c1-2-17-12-7-13-18-15-10-4-3-8-14(15)9-5-6-11-16/h3-4,8,10H,2,6-7,11-13H2,1H3. The van der Waals surface area contributed by atoms with Crippen LogP contribution in [-0.2, 0) is 4.74 Å². The number of halogens is 1. The van der Waals surface area contributed by atoms with Crippen molar-refractivity contribution in [1.82, 2.24) is 0 Å². The molecule has 3 heteroatoms.